The van der Waals surface area contributed by atoms with Crippen LogP contribution in [-0.4, -0.2) is 61.5 Å². The number of nitrogens with one attached hydrogen (secondary N) is 1. The topological polar surface area (TPSA) is 94.2 Å². The fraction of sp³-hybridized carbons (Fsp3) is 0.444. The first-order valence-electron chi connectivity index (χ1n) is 11.9. The van der Waals surface area contributed by atoms with Crippen molar-refractivity contribution >= 4 is 17.6 Å². The van der Waals surface area contributed by atoms with Gasteiger partial charge < -0.3 is 24.4 Å². The maximum Gasteiger partial charge on any atom is 0.254 e. The molecule has 188 valence electrons. The number of amides is 2. The molecule has 3 rings (SSSR count). The number of ether oxygens (including phenoxy) is 3. The molecule has 2 aromatic carbocycles. The Morgan fingerprint density at radius 2 is 1.66 bits per heavy atom. The molecule has 1 N–H and O–H groups in total. The summed E-state index contributed by atoms with van der Waals surface area (Å²) in [4.78, 5) is 38.3. The van der Waals surface area contributed by atoms with Crippen LogP contribution in [0.4, 0.5) is 0 Å². The van der Waals surface area contributed by atoms with Crippen LogP contribution in [0.1, 0.15) is 59.9 Å². The number of nitrogens with zero attached hydrogens (tertiary/aromatic N) is 1. The smallest absolute Gasteiger partial charge is 0.254 e. The molecule has 2 unspecified atom stereocenters. The van der Waals surface area contributed by atoms with E-state index in [1.165, 1.54) is 14.0 Å². The van der Waals surface area contributed by atoms with Crippen molar-refractivity contribution in [2.75, 3.05) is 26.8 Å². The SMILES string of the molecule is COc1cc(C(C)=O)ccc1OCCCC(=O)NCc1ccc(C(=O)N2CC(C)OC(C)C2)cc1. The second-order valence-electron chi connectivity index (χ2n) is 8.81. The lowest BCUT2D eigenvalue weighted by Gasteiger charge is -2.35. The lowest BCUT2D eigenvalue weighted by Crippen LogP contribution is -2.48. The Hall–Kier alpha value is -3.39. The van der Waals surface area contributed by atoms with Crippen LogP contribution < -0.4 is 14.8 Å². The number of hydrogen-bond acceptors (Lipinski definition) is 6. The molecule has 1 fully saturated rings. The minimum atomic E-state index is -0.0797. The van der Waals surface area contributed by atoms with Gasteiger partial charge in [0.2, 0.25) is 5.91 Å². The van der Waals surface area contributed by atoms with Gasteiger partial charge >= 0.3 is 0 Å². The monoisotopic (exact) mass is 482 g/mol. The van der Waals surface area contributed by atoms with Gasteiger partial charge in [-0.1, -0.05) is 12.1 Å². The van der Waals surface area contributed by atoms with Gasteiger partial charge in [-0.3, -0.25) is 14.4 Å². The average molecular weight is 483 g/mol. The van der Waals surface area contributed by atoms with E-state index < -0.39 is 0 Å². The summed E-state index contributed by atoms with van der Waals surface area (Å²) in [5, 5.41) is 2.90. The minimum absolute atomic E-state index is 0.00449. The van der Waals surface area contributed by atoms with Gasteiger partial charge in [-0.05, 0) is 63.1 Å². The first-order valence-corrected chi connectivity index (χ1v) is 11.9. The number of Topliss-reactive ketones (excluding diaryl/α,β-unsaturated/α-hetero) is 1. The summed E-state index contributed by atoms with van der Waals surface area (Å²) in [7, 11) is 1.52. The normalized spacial score (nSPS) is 17.5. The molecule has 1 saturated heterocycles. The van der Waals surface area contributed by atoms with Gasteiger partial charge in [0.25, 0.3) is 5.91 Å². The standard InChI is InChI=1S/C27H34N2O6/c1-18-16-29(17-19(2)35-18)27(32)22-9-7-21(8-10-22)15-28-26(31)6-5-13-34-24-12-11-23(20(3)30)14-25(24)33-4/h7-12,14,18-19H,5-6,13,15-17H2,1-4H3,(H,28,31). The van der Waals surface area contributed by atoms with Gasteiger partial charge in [0, 0.05) is 37.2 Å². The highest BCUT2D eigenvalue weighted by molar-refractivity contribution is 5.95. The summed E-state index contributed by atoms with van der Waals surface area (Å²) >= 11 is 0. The van der Waals surface area contributed by atoms with Crippen LogP contribution in [0.2, 0.25) is 0 Å². The predicted octanol–water partition coefficient (Wildman–Crippen LogP) is 3.62. The molecule has 0 bridgehead atoms. The van der Waals surface area contributed by atoms with Crippen molar-refractivity contribution in [2.45, 2.75) is 52.4 Å². The Morgan fingerprint density at radius 1 is 1.00 bits per heavy atom. The number of ketones is 1. The molecule has 2 amide bonds. The molecule has 1 aliphatic heterocycles. The lowest BCUT2D eigenvalue weighted by molar-refractivity contribution is -0.121. The van der Waals surface area contributed by atoms with E-state index in [1.54, 1.807) is 30.3 Å². The van der Waals surface area contributed by atoms with E-state index in [9.17, 15) is 14.4 Å². The Balaban J connectivity index is 1.40. The van der Waals surface area contributed by atoms with Gasteiger partial charge in [-0.25, -0.2) is 0 Å². The Morgan fingerprint density at radius 3 is 2.29 bits per heavy atom. The van der Waals surface area contributed by atoms with Crippen molar-refractivity contribution < 1.29 is 28.6 Å². The Kier molecular flexibility index (Phi) is 9.25. The van der Waals surface area contributed by atoms with Crippen molar-refractivity contribution in [3.63, 3.8) is 0 Å². The molecule has 1 aliphatic rings. The molecule has 35 heavy (non-hydrogen) atoms. The number of methoxy groups -OCH3 is 1. The van der Waals surface area contributed by atoms with Crippen molar-refractivity contribution in [3.8, 4) is 11.5 Å². The molecule has 0 aromatic heterocycles. The van der Waals surface area contributed by atoms with Gasteiger partial charge in [0.05, 0.1) is 25.9 Å². The summed E-state index contributed by atoms with van der Waals surface area (Å²) in [6.07, 6.45) is 0.902. The number of benzene rings is 2. The molecular formula is C27H34N2O6. The van der Waals surface area contributed by atoms with Crippen LogP contribution in [0.25, 0.3) is 0 Å². The first-order chi connectivity index (χ1) is 16.8. The summed E-state index contributed by atoms with van der Waals surface area (Å²) < 4.78 is 16.7. The maximum absolute atomic E-state index is 12.8. The summed E-state index contributed by atoms with van der Waals surface area (Å²) in [6.45, 7) is 7.34. The molecule has 0 aliphatic carbocycles. The maximum atomic E-state index is 12.8. The number of morpholine rings is 1. The zero-order valence-electron chi connectivity index (χ0n) is 20.8. The highest BCUT2D eigenvalue weighted by atomic mass is 16.5. The summed E-state index contributed by atoms with van der Waals surface area (Å²) in [5.74, 6) is 0.892. The Labute approximate surface area is 206 Å². The molecule has 8 nitrogen and oxygen atoms in total. The minimum Gasteiger partial charge on any atom is -0.493 e. The van der Waals surface area contributed by atoms with E-state index in [0.717, 1.165) is 5.56 Å². The summed E-state index contributed by atoms with van der Waals surface area (Å²) in [5.41, 5.74) is 2.10. The van der Waals surface area contributed by atoms with E-state index in [4.69, 9.17) is 14.2 Å². The van der Waals surface area contributed by atoms with Crippen LogP contribution in [0.5, 0.6) is 11.5 Å². The molecule has 8 heteroatoms. The zero-order chi connectivity index (χ0) is 25.4. The van der Waals surface area contributed by atoms with Gasteiger partial charge in [-0.2, -0.15) is 0 Å². The van der Waals surface area contributed by atoms with E-state index in [0.29, 0.717) is 61.7 Å². The fourth-order valence-electron chi connectivity index (χ4n) is 4.00. The number of carbonyl (C=O) groups is 3. The highest BCUT2D eigenvalue weighted by Crippen LogP contribution is 2.28. The quantitative estimate of drug-likeness (QED) is 0.411. The van der Waals surface area contributed by atoms with Crippen LogP contribution in [0.3, 0.4) is 0 Å². The van der Waals surface area contributed by atoms with Gasteiger partial charge in [0.15, 0.2) is 17.3 Å². The fourth-order valence-corrected chi connectivity index (χ4v) is 4.00. The van der Waals surface area contributed by atoms with Crippen LogP contribution >= 0.6 is 0 Å². The van der Waals surface area contributed by atoms with Crippen LogP contribution in [0.15, 0.2) is 42.5 Å². The first kappa shape index (κ1) is 26.2. The largest absolute Gasteiger partial charge is 0.493 e. The van der Waals surface area contributed by atoms with Crippen LogP contribution in [0, 0.1) is 0 Å². The third kappa shape index (κ3) is 7.55. The molecular weight excluding hydrogens is 448 g/mol. The molecule has 2 aromatic rings. The van der Waals surface area contributed by atoms with Gasteiger partial charge in [-0.15, -0.1) is 0 Å². The zero-order valence-corrected chi connectivity index (χ0v) is 20.8. The third-order valence-electron chi connectivity index (χ3n) is 5.77. The Bertz CT molecular complexity index is 1030. The van der Waals surface area contributed by atoms with E-state index in [2.05, 4.69) is 5.32 Å². The highest BCUT2D eigenvalue weighted by Gasteiger charge is 2.26. The molecule has 2 atom stereocenters. The second-order valence-corrected chi connectivity index (χ2v) is 8.81. The van der Waals surface area contributed by atoms with Crippen molar-refractivity contribution in [1.29, 1.82) is 0 Å². The predicted molar refractivity (Wildman–Crippen MR) is 132 cm³/mol. The van der Waals surface area contributed by atoms with Crippen LogP contribution in [-0.2, 0) is 16.1 Å². The lowest BCUT2D eigenvalue weighted by atomic mass is 10.1. The molecule has 0 radical (unpaired) electrons. The van der Waals surface area contributed by atoms with Crippen molar-refractivity contribution in [3.05, 3.63) is 59.2 Å². The molecule has 0 spiro atoms. The number of carbonyl (C=O) groups excluding carboxylic acids is 3. The molecule has 0 saturated carbocycles. The average Bonchev–Trinajstić information content (AvgIpc) is 2.84. The summed E-state index contributed by atoms with van der Waals surface area (Å²) in [6, 6.07) is 12.4. The third-order valence-corrected chi connectivity index (χ3v) is 5.77. The van der Waals surface area contributed by atoms with Crippen molar-refractivity contribution in [1.82, 2.24) is 10.2 Å². The second kappa shape index (κ2) is 12.4. The van der Waals surface area contributed by atoms with Gasteiger partial charge in [0.1, 0.15) is 0 Å². The van der Waals surface area contributed by atoms with E-state index in [1.807, 2.05) is 30.9 Å². The van der Waals surface area contributed by atoms with Crippen molar-refractivity contribution in [2.24, 2.45) is 0 Å². The number of rotatable bonds is 10. The molecule has 1 heterocycles. The van der Waals surface area contributed by atoms with E-state index in [-0.39, 0.29) is 29.8 Å². The van der Waals surface area contributed by atoms with E-state index >= 15 is 0 Å². The number of hydrogen-bond donors (Lipinski definition) is 1.